The molecule has 2 aliphatic heterocycles. The molecule has 0 radical (unpaired) electrons. The van der Waals surface area contributed by atoms with E-state index < -0.39 is 156 Å². The predicted molar refractivity (Wildman–Crippen MR) is 393 cm³/mol. The SMILES string of the molecule is CCCCCCCCCCCCC/C=C/C=C/C(=O)OCC(COP(=O)(O)OC1C(OC2OC(CO)C(O)C(O)C2O)C(O)C(O)C(O)C1OC1OC(COC(=O)CCCCCCCCC(C)CCCCCCCC)C(O)C(O)C1O)OC(=O)CCCCCCCCCCCCCCCCCCC. The molecule has 2 saturated heterocycles. The molecule has 0 bridgehead atoms. The van der Waals surface area contributed by atoms with Crippen molar-refractivity contribution in [3.8, 4) is 0 Å². The lowest BCUT2D eigenvalue weighted by Gasteiger charge is -2.49. The van der Waals surface area contributed by atoms with Crippen molar-refractivity contribution in [3.63, 3.8) is 0 Å². The molecular formula is C78H143O24P. The van der Waals surface area contributed by atoms with E-state index in [9.17, 15) is 74.9 Å². The van der Waals surface area contributed by atoms with Crippen molar-refractivity contribution in [2.45, 2.75) is 421 Å². The second-order valence-electron chi connectivity index (χ2n) is 29.5. The van der Waals surface area contributed by atoms with E-state index in [0.29, 0.717) is 18.8 Å². The van der Waals surface area contributed by atoms with Gasteiger partial charge < -0.3 is 89.1 Å². The predicted octanol–water partition coefficient (Wildman–Crippen LogP) is 12.3. The summed E-state index contributed by atoms with van der Waals surface area (Å²) in [5.41, 5.74) is 0. The van der Waals surface area contributed by atoms with Crippen molar-refractivity contribution >= 4 is 25.7 Å². The lowest BCUT2D eigenvalue weighted by atomic mass is 9.84. The first-order valence-corrected chi connectivity index (χ1v) is 42.0. The van der Waals surface area contributed by atoms with Gasteiger partial charge in [0.2, 0.25) is 0 Å². The van der Waals surface area contributed by atoms with Gasteiger partial charge in [-0.3, -0.25) is 18.6 Å². The summed E-state index contributed by atoms with van der Waals surface area (Å²) >= 11 is 0. The number of aliphatic hydroxyl groups excluding tert-OH is 10. The number of carbonyl (C=O) groups is 3. The fourth-order valence-corrected chi connectivity index (χ4v) is 14.5. The molecule has 0 aromatic heterocycles. The Bertz CT molecular complexity index is 2230. The van der Waals surface area contributed by atoms with Gasteiger partial charge in [0.05, 0.1) is 13.2 Å². The first-order valence-electron chi connectivity index (χ1n) is 40.6. The van der Waals surface area contributed by atoms with Crippen molar-refractivity contribution in [1.29, 1.82) is 0 Å². The molecule has 0 aromatic rings. The number of hydrogen-bond donors (Lipinski definition) is 11. The van der Waals surface area contributed by atoms with E-state index >= 15 is 0 Å². The maximum absolute atomic E-state index is 14.4. The van der Waals surface area contributed by atoms with Gasteiger partial charge in [-0.25, -0.2) is 9.36 Å². The summed E-state index contributed by atoms with van der Waals surface area (Å²) in [6.07, 6.45) is 20.0. The number of phosphoric ester groups is 1. The number of rotatable bonds is 63. The summed E-state index contributed by atoms with van der Waals surface area (Å²) in [6.45, 7) is 5.69. The summed E-state index contributed by atoms with van der Waals surface area (Å²) in [5.74, 6) is -1.54. The normalized spacial score (nSPS) is 27.3. The molecule has 11 N–H and O–H groups in total. The number of aliphatic hydroxyl groups is 10. The standard InChI is InChI=1S/C78H143O24P/c1-5-8-11-14-17-19-21-23-25-26-28-30-32-34-36-43-48-53-64(82)97-59(55-94-62(80)51-46-41-35-33-31-29-27-24-22-20-18-15-12-9-6-2)56-96-103(92,93)102-76-74(100-77-72(90)67(85)65(83)60(54-79)98-77)70(88)69(87)71(89)75(76)101-78-73(91)68(86)66(84)61(99-78)57-95-63(81)52-47-42-38-37-40-45-50-58(4)49-44-39-16-13-10-7-3/h35,41,46,51,58-61,65-79,83-91H,5-34,36-40,42-45,47-50,52-57H2,1-4H3,(H,92,93)/b41-35+,51-46+. The molecule has 103 heavy (non-hydrogen) atoms. The third-order valence-electron chi connectivity index (χ3n) is 20.2. The van der Waals surface area contributed by atoms with Crippen molar-refractivity contribution in [1.82, 2.24) is 0 Å². The molecule has 19 unspecified atom stereocenters. The Balaban J connectivity index is 1.73. The average Bonchev–Trinajstić information content (AvgIpc) is 0.761. The van der Waals surface area contributed by atoms with Crippen LogP contribution in [-0.4, -0.2) is 204 Å². The Kier molecular flexibility index (Phi) is 53.7. The topological polar surface area (TPSA) is 374 Å². The van der Waals surface area contributed by atoms with Crippen LogP contribution in [0, 0.1) is 5.92 Å². The van der Waals surface area contributed by atoms with Gasteiger partial charge in [0.25, 0.3) is 0 Å². The molecule has 2 heterocycles. The number of esters is 3. The Hall–Kier alpha value is -2.56. The summed E-state index contributed by atoms with van der Waals surface area (Å²) < 4.78 is 65.0. The molecule has 0 aromatic carbocycles. The van der Waals surface area contributed by atoms with Crippen LogP contribution in [0.4, 0.5) is 0 Å². The van der Waals surface area contributed by atoms with Crippen LogP contribution in [-0.2, 0) is 61.2 Å². The van der Waals surface area contributed by atoms with Crippen LogP contribution >= 0.6 is 7.82 Å². The monoisotopic (exact) mass is 1490 g/mol. The van der Waals surface area contributed by atoms with Crippen LogP contribution in [0.2, 0.25) is 0 Å². The van der Waals surface area contributed by atoms with Crippen molar-refractivity contribution in [3.05, 3.63) is 24.3 Å². The zero-order chi connectivity index (χ0) is 75.5. The average molecular weight is 1500 g/mol. The summed E-state index contributed by atoms with van der Waals surface area (Å²) in [7, 11) is -5.72. The van der Waals surface area contributed by atoms with Gasteiger partial charge in [0, 0.05) is 18.9 Å². The highest BCUT2D eigenvalue weighted by Gasteiger charge is 2.58. The fraction of sp³-hybridized carbons (Fsp3) is 0.910. The second-order valence-corrected chi connectivity index (χ2v) is 30.9. The Morgan fingerprint density at radius 1 is 0.427 bits per heavy atom. The van der Waals surface area contributed by atoms with Crippen molar-refractivity contribution < 1.29 is 117 Å². The van der Waals surface area contributed by atoms with Gasteiger partial charge in [-0.05, 0) is 31.6 Å². The van der Waals surface area contributed by atoms with Crippen LogP contribution in [0.5, 0.6) is 0 Å². The first-order chi connectivity index (χ1) is 49.7. The van der Waals surface area contributed by atoms with Gasteiger partial charge in [-0.2, -0.15) is 0 Å². The fourth-order valence-electron chi connectivity index (χ4n) is 13.6. The van der Waals surface area contributed by atoms with Crippen LogP contribution in [0.25, 0.3) is 0 Å². The number of hydrogen-bond acceptors (Lipinski definition) is 23. The molecule has 19 atom stereocenters. The molecule has 3 fully saturated rings. The quantitative estimate of drug-likeness (QED) is 0.00673. The molecule has 0 amide bonds. The van der Waals surface area contributed by atoms with Gasteiger partial charge >= 0.3 is 25.7 Å². The van der Waals surface area contributed by atoms with E-state index in [2.05, 4.69) is 27.7 Å². The molecule has 24 nitrogen and oxygen atoms in total. The Morgan fingerprint density at radius 2 is 0.806 bits per heavy atom. The zero-order valence-electron chi connectivity index (χ0n) is 63.5. The number of carbonyl (C=O) groups excluding carboxylic acids is 3. The number of ether oxygens (including phenoxy) is 7. The van der Waals surface area contributed by atoms with Gasteiger partial charge in [0.15, 0.2) is 18.7 Å². The molecular weight excluding hydrogens is 1350 g/mol. The zero-order valence-corrected chi connectivity index (χ0v) is 64.4. The highest BCUT2D eigenvalue weighted by atomic mass is 31.2. The summed E-state index contributed by atoms with van der Waals surface area (Å²) in [6, 6.07) is 0. The Morgan fingerprint density at radius 3 is 1.24 bits per heavy atom. The summed E-state index contributed by atoms with van der Waals surface area (Å²) in [5, 5.41) is 110. The molecule has 3 aliphatic rings. The van der Waals surface area contributed by atoms with Crippen LogP contribution in [0.3, 0.4) is 0 Å². The maximum atomic E-state index is 14.4. The van der Waals surface area contributed by atoms with Crippen LogP contribution in [0.15, 0.2) is 24.3 Å². The Labute approximate surface area is 617 Å². The minimum Gasteiger partial charge on any atom is -0.463 e. The van der Waals surface area contributed by atoms with E-state index in [-0.39, 0.29) is 12.8 Å². The minimum absolute atomic E-state index is 0.0263. The van der Waals surface area contributed by atoms with E-state index in [1.165, 1.54) is 179 Å². The number of phosphoric acid groups is 1. The van der Waals surface area contributed by atoms with Gasteiger partial charge in [-0.15, -0.1) is 0 Å². The molecule has 25 heteroatoms. The third-order valence-corrected chi connectivity index (χ3v) is 21.2. The van der Waals surface area contributed by atoms with Crippen molar-refractivity contribution in [2.24, 2.45) is 5.92 Å². The lowest BCUT2D eigenvalue weighted by Crippen LogP contribution is -2.69. The molecule has 3 rings (SSSR count). The second kappa shape index (κ2) is 58.4. The number of allylic oxidation sites excluding steroid dienone is 3. The minimum atomic E-state index is -5.72. The number of unbranched alkanes of at least 4 members (excludes halogenated alkanes) is 37. The highest BCUT2D eigenvalue weighted by Crippen LogP contribution is 2.49. The van der Waals surface area contributed by atoms with Crippen LogP contribution in [0.1, 0.15) is 317 Å². The van der Waals surface area contributed by atoms with Crippen LogP contribution < -0.4 is 0 Å². The van der Waals surface area contributed by atoms with Gasteiger partial charge in [0.1, 0.15) is 98.7 Å². The lowest BCUT2D eigenvalue weighted by molar-refractivity contribution is -0.360. The maximum Gasteiger partial charge on any atom is 0.472 e. The van der Waals surface area contributed by atoms with E-state index in [1.807, 2.05) is 6.08 Å². The first kappa shape index (κ1) is 94.6. The van der Waals surface area contributed by atoms with E-state index in [4.69, 9.17) is 42.2 Å². The highest BCUT2D eigenvalue weighted by molar-refractivity contribution is 7.47. The third kappa shape index (κ3) is 41.2. The molecule has 1 saturated carbocycles. The van der Waals surface area contributed by atoms with E-state index in [1.54, 1.807) is 6.08 Å². The summed E-state index contributed by atoms with van der Waals surface area (Å²) in [4.78, 5) is 51.1. The molecule has 0 spiro atoms. The smallest absolute Gasteiger partial charge is 0.463 e. The van der Waals surface area contributed by atoms with E-state index in [0.717, 1.165) is 96.0 Å². The van der Waals surface area contributed by atoms with Crippen molar-refractivity contribution in [2.75, 3.05) is 26.4 Å². The molecule has 604 valence electrons. The van der Waals surface area contributed by atoms with Gasteiger partial charge in [-0.1, -0.05) is 296 Å². The largest absolute Gasteiger partial charge is 0.472 e. The molecule has 1 aliphatic carbocycles.